The first kappa shape index (κ1) is 16.6. The molecule has 0 aliphatic heterocycles. The van der Waals surface area contributed by atoms with Crippen molar-refractivity contribution in [3.8, 4) is 0 Å². The average molecular weight is 388 g/mol. The highest BCUT2D eigenvalue weighted by Crippen LogP contribution is 2.19. The number of hydrogen-bond donors (Lipinski definition) is 2. The van der Waals surface area contributed by atoms with Gasteiger partial charge in [0.15, 0.2) is 0 Å². The zero-order valence-corrected chi connectivity index (χ0v) is 14.7. The third-order valence-electron chi connectivity index (χ3n) is 4.04. The Morgan fingerprint density at radius 2 is 1.75 bits per heavy atom. The highest BCUT2D eigenvalue weighted by atomic mass is 79.9. The van der Waals surface area contributed by atoms with Crippen LogP contribution in [0, 0.1) is 0 Å². The van der Waals surface area contributed by atoms with Gasteiger partial charge in [-0.3, -0.25) is 14.6 Å². The van der Waals surface area contributed by atoms with E-state index in [1.807, 2.05) is 18.2 Å². The number of hydrogen-bond acceptors (Lipinski definition) is 3. The van der Waals surface area contributed by atoms with Crippen LogP contribution in [0.4, 0.5) is 5.69 Å². The van der Waals surface area contributed by atoms with E-state index in [0.717, 1.165) is 30.2 Å². The van der Waals surface area contributed by atoms with Crippen LogP contribution in [0.1, 0.15) is 46.4 Å². The van der Waals surface area contributed by atoms with Crippen molar-refractivity contribution in [2.75, 3.05) is 5.32 Å². The molecule has 2 aromatic rings. The van der Waals surface area contributed by atoms with Crippen molar-refractivity contribution in [3.05, 3.63) is 58.3 Å². The molecule has 1 aliphatic carbocycles. The van der Waals surface area contributed by atoms with Crippen molar-refractivity contribution in [2.24, 2.45) is 0 Å². The van der Waals surface area contributed by atoms with Gasteiger partial charge in [-0.15, -0.1) is 0 Å². The smallest absolute Gasteiger partial charge is 0.257 e. The summed E-state index contributed by atoms with van der Waals surface area (Å²) < 4.78 is 0.878. The van der Waals surface area contributed by atoms with Crippen molar-refractivity contribution in [2.45, 2.75) is 31.7 Å². The third-order valence-corrected chi connectivity index (χ3v) is 4.53. The molecule has 124 valence electrons. The number of amides is 2. The number of anilines is 1. The molecule has 3 rings (SSSR count). The van der Waals surface area contributed by atoms with Crippen molar-refractivity contribution >= 4 is 33.4 Å². The molecule has 0 spiro atoms. The lowest BCUT2D eigenvalue weighted by Gasteiger charge is -2.12. The molecule has 0 saturated heterocycles. The fraction of sp³-hybridized carbons (Fsp3) is 0.278. The first-order chi connectivity index (χ1) is 11.6. The number of rotatable bonds is 4. The van der Waals surface area contributed by atoms with Crippen LogP contribution in [-0.2, 0) is 0 Å². The Balaban J connectivity index is 1.69. The summed E-state index contributed by atoms with van der Waals surface area (Å²) in [4.78, 5) is 28.7. The van der Waals surface area contributed by atoms with Crippen molar-refractivity contribution in [1.29, 1.82) is 0 Å². The maximum atomic E-state index is 12.3. The Morgan fingerprint density at radius 1 is 1.04 bits per heavy atom. The molecule has 0 bridgehead atoms. The van der Waals surface area contributed by atoms with Crippen LogP contribution in [0.15, 0.2) is 47.2 Å². The molecule has 1 aromatic carbocycles. The van der Waals surface area contributed by atoms with Gasteiger partial charge < -0.3 is 10.6 Å². The van der Waals surface area contributed by atoms with E-state index in [9.17, 15) is 9.59 Å². The molecule has 0 unspecified atom stereocenters. The van der Waals surface area contributed by atoms with Gasteiger partial charge in [0.05, 0.1) is 11.1 Å². The second kappa shape index (κ2) is 7.57. The minimum atomic E-state index is -0.295. The minimum Gasteiger partial charge on any atom is -0.349 e. The third kappa shape index (κ3) is 4.20. The van der Waals surface area contributed by atoms with Crippen LogP contribution < -0.4 is 10.6 Å². The first-order valence-corrected chi connectivity index (χ1v) is 8.74. The van der Waals surface area contributed by atoms with Crippen molar-refractivity contribution in [1.82, 2.24) is 10.3 Å². The van der Waals surface area contributed by atoms with Gasteiger partial charge in [0.2, 0.25) is 0 Å². The van der Waals surface area contributed by atoms with Gasteiger partial charge in [-0.25, -0.2) is 0 Å². The molecular formula is C18H18BrN3O2. The van der Waals surface area contributed by atoms with E-state index in [1.54, 1.807) is 12.1 Å². The molecule has 1 heterocycles. The summed E-state index contributed by atoms with van der Waals surface area (Å²) in [5.74, 6) is -0.470. The predicted molar refractivity (Wildman–Crippen MR) is 96.1 cm³/mol. The summed E-state index contributed by atoms with van der Waals surface area (Å²) in [5.41, 5.74) is 1.44. The summed E-state index contributed by atoms with van der Waals surface area (Å²) in [7, 11) is 0. The number of carbonyl (C=O) groups is 2. The maximum Gasteiger partial charge on any atom is 0.257 e. The van der Waals surface area contributed by atoms with E-state index in [0.29, 0.717) is 16.8 Å². The number of nitrogens with zero attached hydrogens (tertiary/aromatic N) is 1. The van der Waals surface area contributed by atoms with E-state index < -0.39 is 0 Å². The fourth-order valence-corrected chi connectivity index (χ4v) is 3.20. The minimum absolute atomic E-state index is 0.175. The second-order valence-corrected chi connectivity index (χ2v) is 6.80. The number of benzene rings is 1. The van der Waals surface area contributed by atoms with E-state index in [1.165, 1.54) is 12.4 Å². The lowest BCUT2D eigenvalue weighted by atomic mass is 10.1. The summed E-state index contributed by atoms with van der Waals surface area (Å²) in [5, 5.41) is 5.80. The zero-order chi connectivity index (χ0) is 16.9. The Hall–Kier alpha value is -2.21. The Labute approximate surface area is 149 Å². The number of nitrogens with one attached hydrogen (secondary N) is 2. The van der Waals surface area contributed by atoms with Crippen LogP contribution in [0.25, 0.3) is 0 Å². The molecule has 24 heavy (non-hydrogen) atoms. The molecular weight excluding hydrogens is 370 g/mol. The largest absolute Gasteiger partial charge is 0.349 e. The molecule has 5 nitrogen and oxygen atoms in total. The van der Waals surface area contributed by atoms with Crippen LogP contribution >= 0.6 is 15.9 Å². The molecule has 1 aromatic heterocycles. The Bertz CT molecular complexity index is 757. The lowest BCUT2D eigenvalue weighted by Crippen LogP contribution is -2.32. The molecule has 1 saturated carbocycles. The van der Waals surface area contributed by atoms with E-state index in [-0.39, 0.29) is 17.9 Å². The van der Waals surface area contributed by atoms with Gasteiger partial charge in [0.1, 0.15) is 0 Å². The first-order valence-electron chi connectivity index (χ1n) is 7.94. The molecule has 2 N–H and O–H groups in total. The van der Waals surface area contributed by atoms with Crippen LogP contribution in [0.5, 0.6) is 0 Å². The Kier molecular flexibility index (Phi) is 5.25. The summed E-state index contributed by atoms with van der Waals surface area (Å²) in [6.45, 7) is 0. The van der Waals surface area contributed by atoms with E-state index in [4.69, 9.17) is 0 Å². The zero-order valence-electron chi connectivity index (χ0n) is 13.1. The van der Waals surface area contributed by atoms with E-state index >= 15 is 0 Å². The highest BCUT2D eigenvalue weighted by molar-refractivity contribution is 9.10. The second-order valence-electron chi connectivity index (χ2n) is 5.88. The van der Waals surface area contributed by atoms with Crippen molar-refractivity contribution < 1.29 is 9.59 Å². The lowest BCUT2D eigenvalue weighted by molar-refractivity contribution is 0.0937. The average Bonchev–Trinajstić information content (AvgIpc) is 3.08. The van der Waals surface area contributed by atoms with Gasteiger partial charge >= 0.3 is 0 Å². The molecule has 1 aliphatic rings. The topological polar surface area (TPSA) is 71.1 Å². The number of pyridine rings is 1. The fourth-order valence-electron chi connectivity index (χ4n) is 2.80. The monoisotopic (exact) mass is 387 g/mol. The molecule has 6 heteroatoms. The van der Waals surface area contributed by atoms with Gasteiger partial charge in [-0.1, -0.05) is 34.8 Å². The number of carbonyl (C=O) groups excluding carboxylic acids is 2. The molecule has 0 radical (unpaired) electrons. The van der Waals surface area contributed by atoms with Crippen LogP contribution in [0.2, 0.25) is 0 Å². The number of halogens is 1. The quantitative estimate of drug-likeness (QED) is 0.838. The Morgan fingerprint density at radius 3 is 2.46 bits per heavy atom. The van der Waals surface area contributed by atoms with Gasteiger partial charge in [0.25, 0.3) is 11.8 Å². The number of aromatic nitrogens is 1. The standard InChI is InChI=1S/C18H18BrN3O2/c19-14-4-3-7-16(9-14)22-18(24)13-8-12(10-20-11-13)17(23)21-15-5-1-2-6-15/h3-4,7-11,15H,1-2,5-6H2,(H,21,23)(H,22,24). The van der Waals surface area contributed by atoms with Gasteiger partial charge in [-0.05, 0) is 37.1 Å². The highest BCUT2D eigenvalue weighted by Gasteiger charge is 2.19. The summed E-state index contributed by atoms with van der Waals surface area (Å²) in [6, 6.07) is 9.13. The van der Waals surface area contributed by atoms with Crippen molar-refractivity contribution in [3.63, 3.8) is 0 Å². The summed E-state index contributed by atoms with van der Waals surface area (Å²) in [6.07, 6.45) is 7.28. The van der Waals surface area contributed by atoms with Gasteiger partial charge in [-0.2, -0.15) is 0 Å². The molecule has 0 atom stereocenters. The SMILES string of the molecule is O=C(Nc1cccc(Br)c1)c1cncc(C(=O)NC2CCCC2)c1. The predicted octanol–water partition coefficient (Wildman–Crippen LogP) is 3.77. The molecule has 2 amide bonds. The van der Waals surface area contributed by atoms with Gasteiger partial charge in [0, 0.05) is 28.6 Å². The van der Waals surface area contributed by atoms with Crippen LogP contribution in [-0.4, -0.2) is 22.8 Å². The van der Waals surface area contributed by atoms with E-state index in [2.05, 4.69) is 31.5 Å². The maximum absolute atomic E-state index is 12.3. The summed E-state index contributed by atoms with van der Waals surface area (Å²) >= 11 is 3.36. The van der Waals surface area contributed by atoms with Crippen LogP contribution in [0.3, 0.4) is 0 Å². The normalized spacial score (nSPS) is 14.4. The molecule has 1 fully saturated rings.